The molecular formula is C17H20N6O4. The van der Waals surface area contributed by atoms with Crippen LogP contribution in [-0.4, -0.2) is 31.0 Å². The maximum absolute atomic E-state index is 12.6. The Hall–Kier alpha value is -3.17. The minimum Gasteiger partial charge on any atom is -0.451 e. The van der Waals surface area contributed by atoms with Gasteiger partial charge in [-0.15, -0.1) is 0 Å². The number of amides is 2. The lowest BCUT2D eigenvalue weighted by atomic mass is 10.1. The van der Waals surface area contributed by atoms with E-state index in [0.717, 1.165) is 12.8 Å². The zero-order valence-corrected chi connectivity index (χ0v) is 14.7. The highest BCUT2D eigenvalue weighted by Crippen LogP contribution is 2.32. The molecule has 10 heteroatoms. The molecule has 1 saturated carbocycles. The van der Waals surface area contributed by atoms with Crippen molar-refractivity contribution in [3.63, 3.8) is 0 Å². The average Bonchev–Trinajstić information content (AvgIpc) is 3.48. The fourth-order valence-electron chi connectivity index (χ4n) is 3.17. The van der Waals surface area contributed by atoms with Gasteiger partial charge in [0.1, 0.15) is 12.5 Å². The lowest BCUT2D eigenvalue weighted by Gasteiger charge is -2.20. The number of rotatable bonds is 7. The van der Waals surface area contributed by atoms with Crippen LogP contribution in [0.25, 0.3) is 0 Å². The van der Waals surface area contributed by atoms with Crippen molar-refractivity contribution in [3.05, 3.63) is 48.4 Å². The number of hydrogen-bond acceptors (Lipinski definition) is 8. The van der Waals surface area contributed by atoms with Gasteiger partial charge in [-0.05, 0) is 12.8 Å². The number of nitrogens with one attached hydrogen (secondary N) is 1. The van der Waals surface area contributed by atoms with Crippen molar-refractivity contribution < 1.29 is 18.2 Å². The van der Waals surface area contributed by atoms with E-state index in [4.69, 9.17) is 13.4 Å². The molecule has 4 rings (SSSR count). The van der Waals surface area contributed by atoms with Gasteiger partial charge >= 0.3 is 6.03 Å². The minimum absolute atomic E-state index is 0.184. The first-order valence-electron chi connectivity index (χ1n) is 8.87. The molecule has 0 bridgehead atoms. The third-order valence-corrected chi connectivity index (χ3v) is 4.55. The molecule has 1 aliphatic rings. The van der Waals surface area contributed by atoms with Crippen LogP contribution in [0.3, 0.4) is 0 Å². The van der Waals surface area contributed by atoms with Crippen molar-refractivity contribution in [2.24, 2.45) is 0 Å². The Kier molecular flexibility index (Phi) is 5.13. The van der Waals surface area contributed by atoms with Gasteiger partial charge in [0.2, 0.25) is 5.89 Å². The van der Waals surface area contributed by atoms with Crippen LogP contribution >= 0.6 is 0 Å². The van der Waals surface area contributed by atoms with Gasteiger partial charge in [-0.3, -0.25) is 0 Å². The number of nitrogens with zero attached hydrogens (tertiary/aromatic N) is 5. The summed E-state index contributed by atoms with van der Waals surface area (Å²) >= 11 is 0. The van der Waals surface area contributed by atoms with Crippen LogP contribution in [0.2, 0.25) is 0 Å². The summed E-state index contributed by atoms with van der Waals surface area (Å²) in [5.41, 5.74) is 1.27. The van der Waals surface area contributed by atoms with Crippen molar-refractivity contribution in [1.29, 1.82) is 0 Å². The molecule has 3 heterocycles. The maximum Gasteiger partial charge on any atom is 0.318 e. The summed E-state index contributed by atoms with van der Waals surface area (Å²) in [5.74, 6) is 1.48. The predicted octanol–water partition coefficient (Wildman–Crippen LogP) is 2.62. The summed E-state index contributed by atoms with van der Waals surface area (Å²) < 4.78 is 15.3. The van der Waals surface area contributed by atoms with Gasteiger partial charge in [0, 0.05) is 5.92 Å². The number of carbonyl (C=O) groups is 1. The van der Waals surface area contributed by atoms with E-state index in [1.54, 1.807) is 4.90 Å². The fourth-order valence-corrected chi connectivity index (χ4v) is 3.17. The van der Waals surface area contributed by atoms with Crippen LogP contribution < -0.4 is 5.32 Å². The van der Waals surface area contributed by atoms with E-state index in [1.807, 2.05) is 0 Å². The molecule has 0 aromatic carbocycles. The number of oxazole rings is 2. The van der Waals surface area contributed by atoms with Gasteiger partial charge in [-0.2, -0.15) is 4.98 Å². The van der Waals surface area contributed by atoms with Gasteiger partial charge in [-0.1, -0.05) is 18.0 Å². The standard InChI is InChI=1S/C17H20N6O4/c24-17(18-5-15-21-16(27-22-15)12-3-1-2-4-12)23(6-13-8-25-10-19-13)7-14-9-26-11-20-14/h8-12H,1-7H2,(H,18,24). The second-order valence-corrected chi connectivity index (χ2v) is 6.50. The molecule has 0 saturated heterocycles. The SMILES string of the molecule is O=C(NCc1noc(C2CCCC2)n1)N(Cc1cocn1)Cc1cocn1. The Morgan fingerprint density at radius 2 is 1.78 bits per heavy atom. The monoisotopic (exact) mass is 372 g/mol. The van der Waals surface area contributed by atoms with Crippen LogP contribution in [0, 0.1) is 0 Å². The molecule has 0 aliphatic heterocycles. The number of urea groups is 1. The van der Waals surface area contributed by atoms with Crippen molar-refractivity contribution in [2.45, 2.75) is 51.2 Å². The molecule has 1 N–H and O–H groups in total. The van der Waals surface area contributed by atoms with E-state index in [2.05, 4.69) is 25.4 Å². The van der Waals surface area contributed by atoms with E-state index >= 15 is 0 Å². The van der Waals surface area contributed by atoms with Gasteiger partial charge in [0.15, 0.2) is 18.6 Å². The highest BCUT2D eigenvalue weighted by atomic mass is 16.5. The highest BCUT2D eigenvalue weighted by Gasteiger charge is 2.23. The van der Waals surface area contributed by atoms with E-state index in [1.165, 1.54) is 38.2 Å². The maximum atomic E-state index is 12.6. The van der Waals surface area contributed by atoms with Crippen molar-refractivity contribution in [2.75, 3.05) is 0 Å². The molecule has 0 atom stereocenters. The topological polar surface area (TPSA) is 123 Å². The summed E-state index contributed by atoms with van der Waals surface area (Å²) in [4.78, 5) is 26.7. The molecule has 2 amide bonds. The fraction of sp³-hybridized carbons (Fsp3) is 0.471. The second-order valence-electron chi connectivity index (χ2n) is 6.50. The zero-order valence-electron chi connectivity index (χ0n) is 14.7. The van der Waals surface area contributed by atoms with E-state index < -0.39 is 0 Å². The zero-order chi connectivity index (χ0) is 18.5. The van der Waals surface area contributed by atoms with Crippen LogP contribution in [0.1, 0.15) is 54.7 Å². The molecule has 10 nitrogen and oxygen atoms in total. The number of aromatic nitrogens is 4. The summed E-state index contributed by atoms with van der Waals surface area (Å²) in [5, 5.41) is 6.78. The quantitative estimate of drug-likeness (QED) is 0.671. The molecule has 27 heavy (non-hydrogen) atoms. The van der Waals surface area contributed by atoms with Crippen molar-refractivity contribution >= 4 is 6.03 Å². The highest BCUT2D eigenvalue weighted by molar-refractivity contribution is 5.74. The average molecular weight is 372 g/mol. The van der Waals surface area contributed by atoms with Crippen molar-refractivity contribution in [3.8, 4) is 0 Å². The Balaban J connectivity index is 1.37. The summed E-state index contributed by atoms with van der Waals surface area (Å²) in [6, 6.07) is -0.298. The van der Waals surface area contributed by atoms with Crippen LogP contribution in [0.5, 0.6) is 0 Å². The van der Waals surface area contributed by atoms with Crippen LogP contribution in [-0.2, 0) is 19.6 Å². The Labute approximate surface area is 155 Å². The Bertz CT molecular complexity index is 803. The Morgan fingerprint density at radius 3 is 2.37 bits per heavy atom. The Morgan fingerprint density at radius 1 is 1.11 bits per heavy atom. The van der Waals surface area contributed by atoms with Crippen LogP contribution in [0.15, 0.2) is 38.7 Å². The van der Waals surface area contributed by atoms with Gasteiger partial charge in [-0.25, -0.2) is 14.8 Å². The number of hydrogen-bond donors (Lipinski definition) is 1. The smallest absolute Gasteiger partial charge is 0.318 e. The third-order valence-electron chi connectivity index (χ3n) is 4.55. The van der Waals surface area contributed by atoms with E-state index in [9.17, 15) is 4.79 Å². The van der Waals surface area contributed by atoms with Gasteiger partial charge < -0.3 is 23.6 Å². The minimum atomic E-state index is -0.298. The van der Waals surface area contributed by atoms with Crippen LogP contribution in [0.4, 0.5) is 4.79 Å². The summed E-state index contributed by atoms with van der Waals surface area (Å²) in [6.07, 6.45) is 10.2. The molecule has 0 spiro atoms. The summed E-state index contributed by atoms with van der Waals surface area (Å²) in [7, 11) is 0. The molecule has 1 fully saturated rings. The van der Waals surface area contributed by atoms with Crippen molar-refractivity contribution in [1.82, 2.24) is 30.3 Å². The number of carbonyl (C=O) groups excluding carboxylic acids is 1. The van der Waals surface area contributed by atoms with E-state index in [-0.39, 0.29) is 25.7 Å². The summed E-state index contributed by atoms with van der Waals surface area (Å²) in [6.45, 7) is 0.729. The molecular weight excluding hydrogens is 352 g/mol. The molecule has 3 aromatic heterocycles. The lowest BCUT2D eigenvalue weighted by molar-refractivity contribution is 0.190. The van der Waals surface area contributed by atoms with Gasteiger partial charge in [0.05, 0.1) is 31.0 Å². The molecule has 0 radical (unpaired) electrons. The first kappa shape index (κ1) is 17.3. The molecule has 142 valence electrons. The molecule has 0 unspecified atom stereocenters. The van der Waals surface area contributed by atoms with E-state index in [0.29, 0.717) is 29.0 Å². The lowest BCUT2D eigenvalue weighted by Crippen LogP contribution is -2.39. The first-order valence-corrected chi connectivity index (χ1v) is 8.87. The second kappa shape index (κ2) is 8.02. The predicted molar refractivity (Wildman–Crippen MR) is 90.0 cm³/mol. The third kappa shape index (κ3) is 4.33. The van der Waals surface area contributed by atoms with Gasteiger partial charge in [0.25, 0.3) is 0 Å². The normalized spacial score (nSPS) is 14.5. The largest absolute Gasteiger partial charge is 0.451 e. The molecule has 1 aliphatic carbocycles. The first-order chi connectivity index (χ1) is 13.3. The molecule has 3 aromatic rings.